The summed E-state index contributed by atoms with van der Waals surface area (Å²) in [7, 11) is 4.87. The van der Waals surface area contributed by atoms with Gasteiger partial charge in [0.1, 0.15) is 29.2 Å². The van der Waals surface area contributed by atoms with Crippen LogP contribution < -0.4 is 24.8 Å². The number of ether oxygens (including phenoxy) is 3. The first-order valence-corrected chi connectivity index (χ1v) is 8.73. The Hall–Kier alpha value is -3.45. The number of anilines is 1. The molecule has 0 aliphatic carbocycles. The Morgan fingerprint density at radius 1 is 0.929 bits per heavy atom. The molecule has 7 heteroatoms. The lowest BCUT2D eigenvalue weighted by atomic mass is 10.1. The van der Waals surface area contributed by atoms with E-state index in [0.29, 0.717) is 23.2 Å². The summed E-state index contributed by atoms with van der Waals surface area (Å²) in [5.41, 5.74) is 9.03. The summed E-state index contributed by atoms with van der Waals surface area (Å²) < 4.78 is 21.8. The first kappa shape index (κ1) is 17.9. The molecule has 4 rings (SSSR count). The molecule has 2 aromatic carbocycles. The van der Waals surface area contributed by atoms with Crippen LogP contribution in [0.1, 0.15) is 17.3 Å². The van der Waals surface area contributed by atoms with Gasteiger partial charge in [0.2, 0.25) is 5.88 Å². The molecule has 0 fully saturated rings. The third kappa shape index (κ3) is 2.95. The molecule has 0 saturated heterocycles. The number of fused-ring (bicyclic) bond motifs is 1. The van der Waals surface area contributed by atoms with Gasteiger partial charge in [0.05, 0.1) is 38.8 Å². The van der Waals surface area contributed by atoms with Crippen LogP contribution in [0.15, 0.2) is 64.2 Å². The average Bonchev–Trinajstić information content (AvgIpc) is 3.22. The van der Waals surface area contributed by atoms with Gasteiger partial charge in [0.25, 0.3) is 0 Å². The second-order valence-corrected chi connectivity index (χ2v) is 6.20. The van der Waals surface area contributed by atoms with Crippen LogP contribution in [0.2, 0.25) is 0 Å². The van der Waals surface area contributed by atoms with Gasteiger partial charge < -0.3 is 29.3 Å². The Kier molecular flexibility index (Phi) is 4.67. The maximum absolute atomic E-state index is 6.63. The van der Waals surface area contributed by atoms with Crippen molar-refractivity contribution in [3.8, 4) is 17.2 Å². The number of benzene rings is 2. The first-order valence-electron chi connectivity index (χ1n) is 8.73. The molecule has 2 N–H and O–H groups in total. The van der Waals surface area contributed by atoms with Crippen molar-refractivity contribution in [1.82, 2.24) is 0 Å². The molecule has 3 aromatic rings. The second kappa shape index (κ2) is 7.28. The molecular weight excluding hydrogens is 358 g/mol. The fraction of sp³-hybridized carbons (Fsp3) is 0.190. The second-order valence-electron chi connectivity index (χ2n) is 6.20. The Bertz CT molecular complexity index is 1010. The topological polar surface area (TPSA) is 82.5 Å². The summed E-state index contributed by atoms with van der Waals surface area (Å²) in [6, 6.07) is 15.0. The van der Waals surface area contributed by atoms with E-state index in [1.807, 2.05) is 53.4 Å². The van der Waals surface area contributed by atoms with Crippen molar-refractivity contribution < 1.29 is 18.6 Å². The molecule has 28 heavy (non-hydrogen) atoms. The number of aliphatic imine (C=N–C) groups is 1. The van der Waals surface area contributed by atoms with E-state index in [0.717, 1.165) is 22.6 Å². The van der Waals surface area contributed by atoms with Crippen LogP contribution in [0.25, 0.3) is 0 Å². The normalized spacial score (nSPS) is 15.6. The largest absolute Gasteiger partial charge is 0.497 e. The Morgan fingerprint density at radius 2 is 1.64 bits per heavy atom. The molecule has 0 bridgehead atoms. The molecule has 1 aliphatic heterocycles. The molecule has 1 aromatic heterocycles. The number of amidine groups is 1. The number of rotatable bonds is 5. The van der Waals surface area contributed by atoms with Crippen molar-refractivity contribution in [2.45, 2.75) is 6.17 Å². The molecule has 0 spiro atoms. The van der Waals surface area contributed by atoms with Crippen molar-refractivity contribution in [2.24, 2.45) is 10.7 Å². The fourth-order valence-corrected chi connectivity index (χ4v) is 3.24. The minimum Gasteiger partial charge on any atom is -0.497 e. The van der Waals surface area contributed by atoms with Gasteiger partial charge in [-0.2, -0.15) is 4.99 Å². The smallest absolute Gasteiger partial charge is 0.227 e. The standard InChI is InChI=1S/C21H21N3O4/c1-25-14-6-4-13(5-7-14)20-23-21-16(10-11-28-21)19(22)24(20)17-12-15(26-2)8-9-18(17)27-3/h4-12,19H,22H2,1-3H3. The summed E-state index contributed by atoms with van der Waals surface area (Å²) in [4.78, 5) is 6.65. The van der Waals surface area contributed by atoms with Crippen LogP contribution in [0.5, 0.6) is 17.2 Å². The molecule has 1 unspecified atom stereocenters. The summed E-state index contributed by atoms with van der Waals surface area (Å²) >= 11 is 0. The van der Waals surface area contributed by atoms with Gasteiger partial charge in [-0.1, -0.05) is 0 Å². The Morgan fingerprint density at radius 3 is 2.32 bits per heavy atom. The molecule has 7 nitrogen and oxygen atoms in total. The van der Waals surface area contributed by atoms with Gasteiger partial charge in [0, 0.05) is 11.6 Å². The maximum Gasteiger partial charge on any atom is 0.227 e. The predicted octanol–water partition coefficient (Wildman–Crippen LogP) is 3.86. The summed E-state index contributed by atoms with van der Waals surface area (Å²) in [5, 5.41) is 0. The summed E-state index contributed by atoms with van der Waals surface area (Å²) in [6.45, 7) is 0. The van der Waals surface area contributed by atoms with Crippen molar-refractivity contribution in [2.75, 3.05) is 26.2 Å². The molecule has 1 atom stereocenters. The highest BCUT2D eigenvalue weighted by Gasteiger charge is 2.33. The highest BCUT2D eigenvalue weighted by molar-refractivity contribution is 6.13. The minimum atomic E-state index is -0.510. The number of hydrogen-bond acceptors (Lipinski definition) is 7. The fourth-order valence-electron chi connectivity index (χ4n) is 3.24. The van der Waals surface area contributed by atoms with Crippen molar-refractivity contribution in [3.63, 3.8) is 0 Å². The van der Waals surface area contributed by atoms with E-state index in [4.69, 9.17) is 29.4 Å². The lowest BCUT2D eigenvalue weighted by molar-refractivity contribution is 0.403. The number of nitrogens with two attached hydrogens (primary N) is 1. The monoisotopic (exact) mass is 379 g/mol. The van der Waals surface area contributed by atoms with Crippen molar-refractivity contribution >= 4 is 17.4 Å². The number of nitrogens with zero attached hydrogens (tertiary/aromatic N) is 2. The van der Waals surface area contributed by atoms with Crippen LogP contribution in [-0.4, -0.2) is 27.2 Å². The highest BCUT2D eigenvalue weighted by Crippen LogP contribution is 2.42. The van der Waals surface area contributed by atoms with E-state index in [1.54, 1.807) is 27.6 Å². The van der Waals surface area contributed by atoms with Crippen molar-refractivity contribution in [1.29, 1.82) is 0 Å². The third-order valence-corrected chi connectivity index (χ3v) is 4.70. The van der Waals surface area contributed by atoms with Gasteiger partial charge in [0.15, 0.2) is 0 Å². The van der Waals surface area contributed by atoms with E-state index in [-0.39, 0.29) is 0 Å². The number of methoxy groups -OCH3 is 3. The summed E-state index contributed by atoms with van der Waals surface area (Å²) in [5.74, 6) is 3.24. The molecule has 0 amide bonds. The number of furan rings is 1. The third-order valence-electron chi connectivity index (χ3n) is 4.70. The van der Waals surface area contributed by atoms with Crippen molar-refractivity contribution in [3.05, 3.63) is 65.9 Å². The Balaban J connectivity index is 1.90. The highest BCUT2D eigenvalue weighted by atomic mass is 16.5. The van der Waals surface area contributed by atoms with Crippen LogP contribution in [0.4, 0.5) is 11.6 Å². The molecule has 0 saturated carbocycles. The molecule has 2 heterocycles. The molecular formula is C21H21N3O4. The van der Waals surface area contributed by atoms with Crippen LogP contribution in [0.3, 0.4) is 0 Å². The van der Waals surface area contributed by atoms with Crippen LogP contribution in [-0.2, 0) is 0 Å². The first-order chi connectivity index (χ1) is 13.7. The molecule has 1 aliphatic rings. The van der Waals surface area contributed by atoms with Gasteiger partial charge >= 0.3 is 0 Å². The lowest BCUT2D eigenvalue weighted by Gasteiger charge is -2.35. The predicted molar refractivity (Wildman–Crippen MR) is 107 cm³/mol. The zero-order chi connectivity index (χ0) is 19.7. The SMILES string of the molecule is COc1ccc(C2=Nc3occc3C(N)N2c2cc(OC)ccc2OC)cc1. The van der Waals surface area contributed by atoms with E-state index < -0.39 is 6.17 Å². The molecule has 144 valence electrons. The lowest BCUT2D eigenvalue weighted by Crippen LogP contribution is -2.42. The van der Waals surface area contributed by atoms with Gasteiger partial charge in [-0.05, 0) is 42.5 Å². The van der Waals surface area contributed by atoms with E-state index in [1.165, 1.54) is 0 Å². The van der Waals surface area contributed by atoms with Gasteiger partial charge in [-0.15, -0.1) is 0 Å². The maximum atomic E-state index is 6.63. The molecule has 0 radical (unpaired) electrons. The van der Waals surface area contributed by atoms with Gasteiger partial charge in [-0.3, -0.25) is 0 Å². The zero-order valence-corrected chi connectivity index (χ0v) is 15.9. The van der Waals surface area contributed by atoms with E-state index in [9.17, 15) is 0 Å². The Labute approximate surface area is 162 Å². The van der Waals surface area contributed by atoms with E-state index >= 15 is 0 Å². The van der Waals surface area contributed by atoms with Gasteiger partial charge in [-0.25, -0.2) is 0 Å². The van der Waals surface area contributed by atoms with Crippen LogP contribution >= 0.6 is 0 Å². The van der Waals surface area contributed by atoms with Crippen LogP contribution in [0, 0.1) is 0 Å². The van der Waals surface area contributed by atoms with E-state index in [2.05, 4.69) is 0 Å². The quantitative estimate of drug-likeness (QED) is 0.725. The summed E-state index contributed by atoms with van der Waals surface area (Å²) in [6.07, 6.45) is 1.08. The number of hydrogen-bond donors (Lipinski definition) is 1. The minimum absolute atomic E-state index is 0.497. The average molecular weight is 379 g/mol. The zero-order valence-electron chi connectivity index (χ0n) is 15.9.